The van der Waals surface area contributed by atoms with Crippen molar-refractivity contribution in [1.29, 1.82) is 0 Å². The molecular formula is C23H30N4O2. The van der Waals surface area contributed by atoms with E-state index in [0.29, 0.717) is 13.0 Å². The maximum Gasteiger partial charge on any atom is 0.221 e. The largest absolute Gasteiger partial charge is 0.488 e. The van der Waals surface area contributed by atoms with Crippen molar-refractivity contribution < 1.29 is 9.53 Å². The summed E-state index contributed by atoms with van der Waals surface area (Å²) in [4.78, 5) is 23.7. The predicted octanol–water partition coefficient (Wildman–Crippen LogP) is 3.06. The van der Waals surface area contributed by atoms with E-state index in [1.54, 1.807) is 6.20 Å². The van der Waals surface area contributed by atoms with E-state index in [4.69, 9.17) is 4.74 Å². The van der Waals surface area contributed by atoms with Gasteiger partial charge >= 0.3 is 0 Å². The molecule has 2 aliphatic heterocycles. The molecule has 29 heavy (non-hydrogen) atoms. The number of benzene rings is 1. The van der Waals surface area contributed by atoms with Gasteiger partial charge in [-0.1, -0.05) is 6.42 Å². The van der Waals surface area contributed by atoms with Crippen LogP contribution in [0.15, 0.2) is 24.4 Å². The van der Waals surface area contributed by atoms with E-state index < -0.39 is 0 Å². The number of ether oxygens (including phenoxy) is 1. The van der Waals surface area contributed by atoms with Gasteiger partial charge in [-0.3, -0.25) is 9.78 Å². The Bertz CT molecular complexity index is 877. The summed E-state index contributed by atoms with van der Waals surface area (Å²) in [5, 5.41) is 3.05. The summed E-state index contributed by atoms with van der Waals surface area (Å²) < 4.78 is 6.04. The first-order valence-electron chi connectivity index (χ1n) is 10.7. The number of piperidine rings is 1. The van der Waals surface area contributed by atoms with Crippen molar-refractivity contribution in [3.63, 3.8) is 0 Å². The van der Waals surface area contributed by atoms with Crippen LogP contribution in [0.25, 0.3) is 11.3 Å². The quantitative estimate of drug-likeness (QED) is 0.816. The Morgan fingerprint density at radius 2 is 2.07 bits per heavy atom. The molecule has 1 atom stereocenters. The SMILES string of the molecule is Cc1cnc(C)c(-c2ccc3c(c2)CC(CNC(=O)CCN2CCCCC2)O3)n1. The average Bonchev–Trinajstić information content (AvgIpc) is 3.15. The van der Waals surface area contributed by atoms with Gasteiger partial charge in [0.15, 0.2) is 0 Å². The fourth-order valence-corrected chi connectivity index (χ4v) is 4.15. The van der Waals surface area contributed by atoms with Crippen LogP contribution in [0.4, 0.5) is 0 Å². The number of nitrogens with one attached hydrogen (secondary N) is 1. The number of aromatic nitrogens is 2. The summed E-state index contributed by atoms with van der Waals surface area (Å²) in [5.41, 5.74) is 4.98. The van der Waals surface area contributed by atoms with Crippen LogP contribution in [0, 0.1) is 13.8 Å². The van der Waals surface area contributed by atoms with Gasteiger partial charge in [0.05, 0.1) is 23.6 Å². The molecule has 1 aromatic heterocycles. The maximum absolute atomic E-state index is 12.2. The number of carbonyl (C=O) groups excluding carboxylic acids is 1. The Hall–Kier alpha value is -2.47. The standard InChI is InChI=1S/C23H30N4O2/c1-16-14-24-17(2)23(26-16)18-6-7-21-19(12-18)13-20(29-21)15-25-22(28)8-11-27-9-4-3-5-10-27/h6-7,12,14,20H,3-5,8-11,13,15H2,1-2H3,(H,25,28). The number of carbonyl (C=O) groups is 1. The molecule has 0 saturated carbocycles. The molecule has 1 N–H and O–H groups in total. The lowest BCUT2D eigenvalue weighted by atomic mass is 10.0. The van der Waals surface area contributed by atoms with Crippen molar-refractivity contribution in [2.24, 2.45) is 0 Å². The molecule has 0 aliphatic carbocycles. The monoisotopic (exact) mass is 394 g/mol. The van der Waals surface area contributed by atoms with Gasteiger partial charge < -0.3 is 15.0 Å². The number of hydrogen-bond donors (Lipinski definition) is 1. The van der Waals surface area contributed by atoms with Crippen molar-refractivity contribution in [2.75, 3.05) is 26.2 Å². The molecule has 4 rings (SSSR count). The number of aryl methyl sites for hydroxylation is 2. The summed E-state index contributed by atoms with van der Waals surface area (Å²) in [6.07, 6.45) is 6.98. The molecule has 1 unspecified atom stereocenters. The fourth-order valence-electron chi connectivity index (χ4n) is 4.15. The van der Waals surface area contributed by atoms with E-state index in [9.17, 15) is 4.79 Å². The third-order valence-electron chi connectivity index (χ3n) is 5.78. The molecule has 3 heterocycles. The Labute approximate surface area is 172 Å². The zero-order chi connectivity index (χ0) is 20.2. The van der Waals surface area contributed by atoms with Gasteiger partial charge in [-0.2, -0.15) is 0 Å². The van der Waals surface area contributed by atoms with Gasteiger partial charge in [0.25, 0.3) is 0 Å². The molecule has 2 aromatic rings. The van der Waals surface area contributed by atoms with Crippen molar-refractivity contribution in [3.05, 3.63) is 41.3 Å². The second-order valence-corrected chi connectivity index (χ2v) is 8.17. The third kappa shape index (κ3) is 4.93. The second-order valence-electron chi connectivity index (χ2n) is 8.17. The number of nitrogens with zero attached hydrogens (tertiary/aromatic N) is 3. The molecule has 1 saturated heterocycles. The van der Waals surface area contributed by atoms with Crippen LogP contribution < -0.4 is 10.1 Å². The minimum atomic E-state index is -0.0103. The number of amides is 1. The van der Waals surface area contributed by atoms with E-state index in [2.05, 4.69) is 26.3 Å². The number of fused-ring (bicyclic) bond motifs is 1. The van der Waals surface area contributed by atoms with Crippen molar-refractivity contribution in [1.82, 2.24) is 20.2 Å². The average molecular weight is 395 g/mol. The lowest BCUT2D eigenvalue weighted by Gasteiger charge is -2.26. The number of hydrogen-bond acceptors (Lipinski definition) is 5. The van der Waals surface area contributed by atoms with Gasteiger partial charge in [-0.05, 0) is 63.5 Å². The van der Waals surface area contributed by atoms with E-state index in [-0.39, 0.29) is 12.0 Å². The zero-order valence-electron chi connectivity index (χ0n) is 17.4. The van der Waals surface area contributed by atoms with E-state index in [1.165, 1.54) is 19.3 Å². The molecule has 0 radical (unpaired) electrons. The highest BCUT2D eigenvalue weighted by atomic mass is 16.5. The number of likely N-dealkylation sites (tertiary alicyclic amines) is 1. The van der Waals surface area contributed by atoms with Crippen molar-refractivity contribution in [3.8, 4) is 17.0 Å². The number of rotatable bonds is 6. The lowest BCUT2D eigenvalue weighted by Crippen LogP contribution is -2.37. The Kier molecular flexibility index (Phi) is 6.09. The van der Waals surface area contributed by atoms with Crippen LogP contribution >= 0.6 is 0 Å². The fraction of sp³-hybridized carbons (Fsp3) is 0.522. The third-order valence-corrected chi connectivity index (χ3v) is 5.78. The minimum Gasteiger partial charge on any atom is -0.488 e. The first-order valence-corrected chi connectivity index (χ1v) is 10.7. The Balaban J connectivity index is 1.30. The van der Waals surface area contributed by atoms with Gasteiger partial charge in [-0.25, -0.2) is 4.98 Å². The van der Waals surface area contributed by atoms with Gasteiger partial charge in [0.2, 0.25) is 5.91 Å². The van der Waals surface area contributed by atoms with Gasteiger partial charge in [-0.15, -0.1) is 0 Å². The highest BCUT2D eigenvalue weighted by Crippen LogP contribution is 2.33. The van der Waals surface area contributed by atoms with Gasteiger partial charge in [0.1, 0.15) is 11.9 Å². The van der Waals surface area contributed by atoms with E-state index in [1.807, 2.05) is 26.0 Å². The van der Waals surface area contributed by atoms with Crippen LogP contribution in [0.1, 0.15) is 42.6 Å². The maximum atomic E-state index is 12.2. The first-order chi connectivity index (χ1) is 14.1. The van der Waals surface area contributed by atoms with Crippen molar-refractivity contribution in [2.45, 2.75) is 52.1 Å². The topological polar surface area (TPSA) is 67.4 Å². The van der Waals surface area contributed by atoms with Crippen LogP contribution in [-0.4, -0.2) is 53.1 Å². The normalized spacial score (nSPS) is 18.9. The Morgan fingerprint density at radius 1 is 1.24 bits per heavy atom. The summed E-state index contributed by atoms with van der Waals surface area (Å²) in [6.45, 7) is 7.59. The van der Waals surface area contributed by atoms with Crippen LogP contribution in [0.2, 0.25) is 0 Å². The molecule has 1 amide bonds. The molecule has 0 spiro atoms. The molecule has 0 bridgehead atoms. The highest BCUT2D eigenvalue weighted by molar-refractivity contribution is 5.76. The predicted molar refractivity (Wildman–Crippen MR) is 113 cm³/mol. The van der Waals surface area contributed by atoms with E-state index in [0.717, 1.165) is 60.0 Å². The summed E-state index contributed by atoms with van der Waals surface area (Å²) >= 11 is 0. The van der Waals surface area contributed by atoms with Crippen molar-refractivity contribution >= 4 is 5.91 Å². The first kappa shape index (κ1) is 19.8. The highest BCUT2D eigenvalue weighted by Gasteiger charge is 2.24. The van der Waals surface area contributed by atoms with Crippen LogP contribution in [-0.2, 0) is 11.2 Å². The van der Waals surface area contributed by atoms with Crippen LogP contribution in [0.3, 0.4) is 0 Å². The summed E-state index contributed by atoms with van der Waals surface area (Å²) in [7, 11) is 0. The minimum absolute atomic E-state index is 0.0103. The molecular weight excluding hydrogens is 364 g/mol. The zero-order valence-corrected chi connectivity index (χ0v) is 17.4. The molecule has 6 nitrogen and oxygen atoms in total. The molecule has 2 aliphatic rings. The molecule has 6 heteroatoms. The van der Waals surface area contributed by atoms with E-state index >= 15 is 0 Å². The molecule has 1 aromatic carbocycles. The smallest absolute Gasteiger partial charge is 0.221 e. The molecule has 1 fully saturated rings. The van der Waals surface area contributed by atoms with Crippen LogP contribution in [0.5, 0.6) is 5.75 Å². The summed E-state index contributed by atoms with van der Waals surface area (Å²) in [6, 6.07) is 6.19. The molecule has 154 valence electrons. The van der Waals surface area contributed by atoms with Gasteiger partial charge in [0, 0.05) is 31.1 Å². The second kappa shape index (κ2) is 8.91. The lowest BCUT2D eigenvalue weighted by molar-refractivity contribution is -0.121. The Morgan fingerprint density at radius 3 is 2.90 bits per heavy atom. The summed E-state index contributed by atoms with van der Waals surface area (Å²) in [5.74, 6) is 1.01.